The van der Waals surface area contributed by atoms with Crippen molar-refractivity contribution in [2.45, 2.75) is 39.3 Å². The SMILES string of the molecule is CCOC(=O)/C(CC)=C(\CF)C(CC)P(=O)(O)O. The molecule has 18 heavy (non-hydrogen) atoms. The van der Waals surface area contributed by atoms with E-state index in [-0.39, 0.29) is 30.6 Å². The Balaban J connectivity index is 5.57. The van der Waals surface area contributed by atoms with Gasteiger partial charge >= 0.3 is 13.6 Å². The normalized spacial score (nSPS) is 15.0. The summed E-state index contributed by atoms with van der Waals surface area (Å²) in [7, 11) is -4.48. The fourth-order valence-corrected chi connectivity index (χ4v) is 2.89. The molecule has 5 nitrogen and oxygen atoms in total. The van der Waals surface area contributed by atoms with Crippen molar-refractivity contribution >= 4 is 13.6 Å². The highest BCUT2D eigenvalue weighted by Crippen LogP contribution is 2.47. The summed E-state index contributed by atoms with van der Waals surface area (Å²) >= 11 is 0. The standard InChI is InChI=1S/C11H20FO5P/c1-4-8(11(13)17-6-3)9(7-12)10(5-2)18(14,15)16/h10H,4-7H2,1-3H3,(H2,14,15,16)/b9-8+. The molecule has 106 valence electrons. The lowest BCUT2D eigenvalue weighted by atomic mass is 10.0. The number of halogens is 1. The number of hydrogen-bond acceptors (Lipinski definition) is 3. The molecular weight excluding hydrogens is 262 g/mol. The Hall–Kier alpha value is -0.710. The van der Waals surface area contributed by atoms with Gasteiger partial charge in [0.05, 0.1) is 12.3 Å². The molecule has 0 saturated heterocycles. The topological polar surface area (TPSA) is 83.8 Å². The van der Waals surface area contributed by atoms with Crippen molar-refractivity contribution in [3.63, 3.8) is 0 Å². The van der Waals surface area contributed by atoms with Gasteiger partial charge in [0.25, 0.3) is 0 Å². The smallest absolute Gasteiger partial charge is 0.334 e. The van der Waals surface area contributed by atoms with Crippen molar-refractivity contribution in [1.29, 1.82) is 0 Å². The molecule has 0 spiro atoms. The van der Waals surface area contributed by atoms with Gasteiger partial charge in [-0.05, 0) is 25.3 Å². The maximum absolute atomic E-state index is 13.1. The number of carbonyl (C=O) groups excluding carboxylic acids is 1. The lowest BCUT2D eigenvalue weighted by molar-refractivity contribution is -0.138. The zero-order valence-corrected chi connectivity index (χ0v) is 11.7. The summed E-state index contributed by atoms with van der Waals surface area (Å²) in [5.74, 6) is -0.709. The molecule has 1 unspecified atom stereocenters. The van der Waals surface area contributed by atoms with E-state index in [2.05, 4.69) is 0 Å². The summed E-state index contributed by atoms with van der Waals surface area (Å²) in [5, 5.41) is 0. The van der Waals surface area contributed by atoms with Crippen LogP contribution in [0.25, 0.3) is 0 Å². The zero-order valence-electron chi connectivity index (χ0n) is 10.9. The van der Waals surface area contributed by atoms with Crippen LogP contribution in [0, 0.1) is 0 Å². The van der Waals surface area contributed by atoms with Crippen LogP contribution < -0.4 is 0 Å². The number of hydrogen-bond donors (Lipinski definition) is 2. The Labute approximate surface area is 106 Å². The molecule has 0 aliphatic rings. The summed E-state index contributed by atoms with van der Waals surface area (Å²) in [4.78, 5) is 30.0. The number of esters is 1. The van der Waals surface area contributed by atoms with Crippen LogP contribution in [0.3, 0.4) is 0 Å². The van der Waals surface area contributed by atoms with E-state index in [1.54, 1.807) is 13.8 Å². The Morgan fingerprint density at radius 1 is 1.33 bits per heavy atom. The average Bonchev–Trinajstić information content (AvgIpc) is 2.27. The van der Waals surface area contributed by atoms with Crippen LogP contribution >= 0.6 is 7.60 Å². The second-order valence-electron chi connectivity index (χ2n) is 3.72. The Kier molecular flexibility index (Phi) is 7.36. The van der Waals surface area contributed by atoms with Crippen molar-refractivity contribution in [3.05, 3.63) is 11.1 Å². The number of carbonyl (C=O) groups is 1. The fourth-order valence-electron chi connectivity index (χ4n) is 1.78. The van der Waals surface area contributed by atoms with Crippen molar-refractivity contribution in [3.8, 4) is 0 Å². The molecule has 7 heteroatoms. The van der Waals surface area contributed by atoms with Crippen molar-refractivity contribution in [2.75, 3.05) is 13.3 Å². The molecule has 1 atom stereocenters. The van der Waals surface area contributed by atoms with E-state index in [1.165, 1.54) is 6.92 Å². The van der Waals surface area contributed by atoms with Crippen LogP contribution in [0.4, 0.5) is 4.39 Å². The van der Waals surface area contributed by atoms with E-state index in [4.69, 9.17) is 4.74 Å². The minimum atomic E-state index is -4.48. The maximum atomic E-state index is 13.1. The molecule has 0 aromatic heterocycles. The molecule has 0 aliphatic heterocycles. The highest BCUT2D eigenvalue weighted by Gasteiger charge is 2.33. The minimum Gasteiger partial charge on any atom is -0.463 e. The van der Waals surface area contributed by atoms with Crippen LogP contribution in [0.15, 0.2) is 11.1 Å². The highest BCUT2D eigenvalue weighted by molar-refractivity contribution is 7.52. The largest absolute Gasteiger partial charge is 0.463 e. The lowest BCUT2D eigenvalue weighted by Crippen LogP contribution is -2.19. The summed E-state index contributed by atoms with van der Waals surface area (Å²) in [6.45, 7) is 3.84. The molecule has 0 radical (unpaired) electrons. The van der Waals surface area contributed by atoms with Crippen molar-refractivity contribution < 1.29 is 28.3 Å². The molecular formula is C11H20FO5P. The van der Waals surface area contributed by atoms with Gasteiger partial charge in [-0.3, -0.25) is 4.57 Å². The van der Waals surface area contributed by atoms with E-state index in [1.807, 2.05) is 0 Å². The van der Waals surface area contributed by atoms with Gasteiger partial charge in [0.15, 0.2) is 0 Å². The van der Waals surface area contributed by atoms with Crippen molar-refractivity contribution in [1.82, 2.24) is 0 Å². The average molecular weight is 282 g/mol. The minimum absolute atomic E-state index is 0.0227. The fraction of sp³-hybridized carbons (Fsp3) is 0.727. The third-order valence-corrected chi connectivity index (χ3v) is 4.09. The van der Waals surface area contributed by atoms with Gasteiger partial charge < -0.3 is 14.5 Å². The second kappa shape index (κ2) is 7.67. The van der Waals surface area contributed by atoms with Gasteiger partial charge in [-0.1, -0.05) is 13.8 Å². The third-order valence-electron chi connectivity index (χ3n) is 2.60. The van der Waals surface area contributed by atoms with E-state index in [0.29, 0.717) is 0 Å². The van der Waals surface area contributed by atoms with E-state index in [9.17, 15) is 23.5 Å². The quantitative estimate of drug-likeness (QED) is 0.425. The van der Waals surface area contributed by atoms with Crippen LogP contribution in [0.5, 0.6) is 0 Å². The molecule has 0 amide bonds. The monoisotopic (exact) mass is 282 g/mol. The molecule has 0 saturated carbocycles. The summed E-state index contributed by atoms with van der Waals surface area (Å²) in [6.07, 6.45) is 0.237. The van der Waals surface area contributed by atoms with Crippen LogP contribution in [0.2, 0.25) is 0 Å². The van der Waals surface area contributed by atoms with E-state index < -0.39 is 25.9 Å². The summed E-state index contributed by atoms with van der Waals surface area (Å²) in [5.41, 5.74) is -1.39. The molecule has 0 aromatic carbocycles. The molecule has 2 N–H and O–H groups in total. The maximum Gasteiger partial charge on any atom is 0.334 e. The van der Waals surface area contributed by atoms with Gasteiger partial charge in [-0.25, -0.2) is 9.18 Å². The molecule has 0 aliphatic carbocycles. The molecule has 0 aromatic rings. The molecule has 0 rings (SSSR count). The van der Waals surface area contributed by atoms with Gasteiger partial charge in [0, 0.05) is 5.57 Å². The third kappa shape index (κ3) is 4.52. The van der Waals surface area contributed by atoms with Gasteiger partial charge in [-0.15, -0.1) is 0 Å². The summed E-state index contributed by atoms with van der Waals surface area (Å²) in [6, 6.07) is 0. The van der Waals surface area contributed by atoms with Gasteiger partial charge in [0.1, 0.15) is 6.67 Å². The highest BCUT2D eigenvalue weighted by atomic mass is 31.2. The predicted molar refractivity (Wildman–Crippen MR) is 66.0 cm³/mol. The predicted octanol–water partition coefficient (Wildman–Crippen LogP) is 2.18. The zero-order chi connectivity index (χ0) is 14.3. The Bertz CT molecular complexity index is 360. The number of allylic oxidation sites excluding steroid dienone is 1. The van der Waals surface area contributed by atoms with E-state index >= 15 is 0 Å². The first kappa shape index (κ1) is 17.3. The lowest BCUT2D eigenvalue weighted by Gasteiger charge is -2.21. The van der Waals surface area contributed by atoms with Gasteiger partial charge in [-0.2, -0.15) is 0 Å². The number of alkyl halides is 1. The first-order valence-corrected chi connectivity index (χ1v) is 7.51. The summed E-state index contributed by atoms with van der Waals surface area (Å²) < 4.78 is 29.1. The first-order chi connectivity index (χ1) is 8.33. The Morgan fingerprint density at radius 2 is 1.89 bits per heavy atom. The molecule has 0 fully saturated rings. The van der Waals surface area contributed by atoms with Crippen LogP contribution in [-0.2, 0) is 14.1 Å². The second-order valence-corrected chi connectivity index (χ2v) is 5.53. The molecule has 0 heterocycles. The number of ether oxygens (including phenoxy) is 1. The first-order valence-electron chi connectivity index (χ1n) is 5.83. The molecule has 0 bridgehead atoms. The number of rotatable bonds is 7. The Morgan fingerprint density at radius 3 is 2.17 bits per heavy atom. The van der Waals surface area contributed by atoms with Crippen LogP contribution in [-0.4, -0.2) is 34.7 Å². The van der Waals surface area contributed by atoms with Gasteiger partial charge in [0.2, 0.25) is 0 Å². The van der Waals surface area contributed by atoms with Crippen LogP contribution in [0.1, 0.15) is 33.6 Å². The van der Waals surface area contributed by atoms with Crippen molar-refractivity contribution in [2.24, 2.45) is 0 Å². The van der Waals surface area contributed by atoms with E-state index in [0.717, 1.165) is 0 Å².